The van der Waals surface area contributed by atoms with E-state index in [1.165, 1.54) is 23.0 Å². The van der Waals surface area contributed by atoms with Crippen LogP contribution in [0.1, 0.15) is 18.1 Å². The summed E-state index contributed by atoms with van der Waals surface area (Å²) in [6, 6.07) is 18.7. The van der Waals surface area contributed by atoms with Crippen molar-refractivity contribution in [2.45, 2.75) is 13.3 Å². The minimum absolute atomic E-state index is 0.0373. The molecule has 0 saturated carbocycles. The SMILES string of the molecule is CCc1ccc(-c2csc(NC(=O)/C(C#N)=C/c3ccc(OCC#N)cc3)n2)cc1. The average molecular weight is 414 g/mol. The first-order valence-electron chi connectivity index (χ1n) is 9.20. The van der Waals surface area contributed by atoms with Gasteiger partial charge < -0.3 is 4.74 Å². The zero-order valence-corrected chi connectivity index (χ0v) is 17.1. The van der Waals surface area contributed by atoms with Crippen LogP contribution in [0.5, 0.6) is 5.75 Å². The van der Waals surface area contributed by atoms with Gasteiger partial charge in [0.25, 0.3) is 5.91 Å². The van der Waals surface area contributed by atoms with Gasteiger partial charge in [-0.05, 0) is 35.8 Å². The van der Waals surface area contributed by atoms with Crippen LogP contribution >= 0.6 is 11.3 Å². The van der Waals surface area contributed by atoms with Crippen LogP contribution in [-0.2, 0) is 11.2 Å². The van der Waals surface area contributed by atoms with Gasteiger partial charge in [-0.25, -0.2) is 4.98 Å². The first kappa shape index (κ1) is 20.8. The van der Waals surface area contributed by atoms with Gasteiger partial charge in [0, 0.05) is 10.9 Å². The van der Waals surface area contributed by atoms with Gasteiger partial charge in [0.05, 0.1) is 5.69 Å². The predicted octanol–water partition coefficient (Wildman–Crippen LogP) is 4.82. The zero-order chi connectivity index (χ0) is 21.3. The molecule has 0 saturated heterocycles. The second kappa shape index (κ2) is 10.0. The molecule has 0 aliphatic heterocycles. The van der Waals surface area contributed by atoms with Crippen LogP contribution < -0.4 is 10.1 Å². The quantitative estimate of drug-likeness (QED) is 0.441. The molecule has 0 bridgehead atoms. The normalized spacial score (nSPS) is 10.7. The van der Waals surface area contributed by atoms with Gasteiger partial charge in [0.2, 0.25) is 0 Å². The highest BCUT2D eigenvalue weighted by Crippen LogP contribution is 2.25. The van der Waals surface area contributed by atoms with E-state index >= 15 is 0 Å². The van der Waals surface area contributed by atoms with Crippen LogP contribution in [0.2, 0.25) is 0 Å². The Bertz CT molecular complexity index is 1130. The largest absolute Gasteiger partial charge is 0.479 e. The Balaban J connectivity index is 1.69. The van der Waals surface area contributed by atoms with Gasteiger partial charge >= 0.3 is 0 Å². The number of nitrogens with one attached hydrogen (secondary N) is 1. The van der Waals surface area contributed by atoms with E-state index in [0.717, 1.165) is 17.7 Å². The number of aromatic nitrogens is 1. The van der Waals surface area contributed by atoms with Crippen molar-refractivity contribution in [1.82, 2.24) is 4.98 Å². The molecule has 7 heteroatoms. The number of nitrogens with zero attached hydrogens (tertiary/aromatic N) is 3. The highest BCUT2D eigenvalue weighted by atomic mass is 32.1. The summed E-state index contributed by atoms with van der Waals surface area (Å²) in [7, 11) is 0. The minimum Gasteiger partial charge on any atom is -0.479 e. The molecular weight excluding hydrogens is 396 g/mol. The topological polar surface area (TPSA) is 98.8 Å². The van der Waals surface area contributed by atoms with E-state index in [1.54, 1.807) is 24.3 Å². The highest BCUT2D eigenvalue weighted by Gasteiger charge is 2.13. The number of aryl methyl sites for hydroxylation is 1. The van der Waals surface area contributed by atoms with Gasteiger partial charge in [-0.3, -0.25) is 10.1 Å². The smallest absolute Gasteiger partial charge is 0.268 e. The number of hydrogen-bond donors (Lipinski definition) is 1. The number of thiazole rings is 1. The lowest BCUT2D eigenvalue weighted by atomic mass is 10.1. The molecule has 0 unspecified atom stereocenters. The second-order valence-electron chi connectivity index (χ2n) is 6.23. The van der Waals surface area contributed by atoms with Gasteiger partial charge in [0.15, 0.2) is 11.7 Å². The molecule has 6 nitrogen and oxygen atoms in total. The van der Waals surface area contributed by atoms with E-state index in [0.29, 0.717) is 16.4 Å². The number of carbonyl (C=O) groups is 1. The summed E-state index contributed by atoms with van der Waals surface area (Å²) in [5.41, 5.74) is 3.62. The monoisotopic (exact) mass is 414 g/mol. The lowest BCUT2D eigenvalue weighted by Crippen LogP contribution is -2.13. The third-order valence-corrected chi connectivity index (χ3v) is 5.00. The molecule has 1 heterocycles. The van der Waals surface area contributed by atoms with E-state index in [2.05, 4.69) is 29.4 Å². The van der Waals surface area contributed by atoms with Crippen molar-refractivity contribution in [1.29, 1.82) is 10.5 Å². The van der Waals surface area contributed by atoms with E-state index < -0.39 is 5.91 Å². The third-order valence-electron chi connectivity index (χ3n) is 4.24. The number of rotatable bonds is 7. The molecule has 2 aromatic carbocycles. The number of amides is 1. The molecule has 0 aliphatic carbocycles. The highest BCUT2D eigenvalue weighted by molar-refractivity contribution is 7.14. The maximum absolute atomic E-state index is 12.5. The number of anilines is 1. The Hall–Kier alpha value is -3.94. The second-order valence-corrected chi connectivity index (χ2v) is 7.09. The molecule has 1 aromatic heterocycles. The fourth-order valence-corrected chi connectivity index (χ4v) is 3.35. The number of ether oxygens (including phenoxy) is 1. The number of hydrogen-bond acceptors (Lipinski definition) is 6. The van der Waals surface area contributed by atoms with Crippen LogP contribution in [0.25, 0.3) is 17.3 Å². The summed E-state index contributed by atoms with van der Waals surface area (Å²) in [5.74, 6) is 0.0171. The van der Waals surface area contributed by atoms with Crippen molar-refractivity contribution in [3.63, 3.8) is 0 Å². The minimum atomic E-state index is -0.524. The first-order chi connectivity index (χ1) is 14.6. The Morgan fingerprint density at radius 3 is 2.53 bits per heavy atom. The molecule has 0 fully saturated rings. The van der Waals surface area contributed by atoms with Gasteiger partial charge in [-0.15, -0.1) is 11.3 Å². The fourth-order valence-electron chi connectivity index (χ4n) is 2.63. The Labute approximate surface area is 178 Å². The number of nitriles is 2. The lowest BCUT2D eigenvalue weighted by molar-refractivity contribution is -0.112. The van der Waals surface area contributed by atoms with Gasteiger partial charge in [0.1, 0.15) is 23.5 Å². The van der Waals surface area contributed by atoms with Crippen LogP contribution in [0.4, 0.5) is 5.13 Å². The van der Waals surface area contributed by atoms with E-state index in [4.69, 9.17) is 10.00 Å². The molecule has 148 valence electrons. The maximum atomic E-state index is 12.5. The molecule has 3 rings (SSSR count). The van der Waals surface area contributed by atoms with Crippen LogP contribution in [0.15, 0.2) is 59.5 Å². The lowest BCUT2D eigenvalue weighted by Gasteiger charge is -2.03. The van der Waals surface area contributed by atoms with E-state index in [-0.39, 0.29) is 12.2 Å². The van der Waals surface area contributed by atoms with Crippen molar-refractivity contribution in [3.8, 4) is 29.1 Å². The maximum Gasteiger partial charge on any atom is 0.268 e. The molecule has 0 radical (unpaired) electrons. The average Bonchev–Trinajstić information content (AvgIpc) is 3.25. The van der Waals surface area contributed by atoms with E-state index in [9.17, 15) is 10.1 Å². The first-order valence-corrected chi connectivity index (χ1v) is 10.1. The Morgan fingerprint density at radius 2 is 1.90 bits per heavy atom. The molecule has 1 amide bonds. The summed E-state index contributed by atoms with van der Waals surface area (Å²) in [6.45, 7) is 2.06. The molecule has 0 spiro atoms. The fraction of sp³-hybridized carbons (Fsp3) is 0.130. The number of carbonyl (C=O) groups excluding carboxylic acids is 1. The third kappa shape index (κ3) is 5.32. The summed E-state index contributed by atoms with van der Waals surface area (Å²) in [4.78, 5) is 16.9. The van der Waals surface area contributed by atoms with Gasteiger partial charge in [-0.2, -0.15) is 10.5 Å². The molecular formula is C23H18N4O2S. The molecule has 1 N–H and O–H groups in total. The standard InChI is InChI=1S/C23H18N4O2S/c1-2-16-3-7-18(8-4-16)21-15-30-23(26-21)27-22(28)19(14-25)13-17-5-9-20(10-6-17)29-12-11-24/h3-10,13,15H,2,12H2,1H3,(H,26,27,28)/b19-13+. The van der Waals surface area contributed by atoms with Crippen molar-refractivity contribution >= 4 is 28.5 Å². The molecule has 0 aliphatic rings. The molecule has 0 atom stereocenters. The Kier molecular flexibility index (Phi) is 6.94. The van der Waals surface area contributed by atoms with Crippen molar-refractivity contribution < 1.29 is 9.53 Å². The zero-order valence-electron chi connectivity index (χ0n) is 16.3. The molecule has 30 heavy (non-hydrogen) atoms. The predicted molar refractivity (Wildman–Crippen MR) is 117 cm³/mol. The summed E-state index contributed by atoms with van der Waals surface area (Å²) in [6.07, 6.45) is 2.46. The van der Waals surface area contributed by atoms with Crippen LogP contribution in [0, 0.1) is 22.7 Å². The van der Waals surface area contributed by atoms with Crippen molar-refractivity contribution in [2.24, 2.45) is 0 Å². The number of benzene rings is 2. The van der Waals surface area contributed by atoms with Crippen molar-refractivity contribution in [3.05, 3.63) is 70.6 Å². The summed E-state index contributed by atoms with van der Waals surface area (Å²) < 4.78 is 5.19. The summed E-state index contributed by atoms with van der Waals surface area (Å²) >= 11 is 1.30. The van der Waals surface area contributed by atoms with Crippen LogP contribution in [-0.4, -0.2) is 17.5 Å². The van der Waals surface area contributed by atoms with Crippen LogP contribution in [0.3, 0.4) is 0 Å². The molecule has 3 aromatic rings. The summed E-state index contributed by atoms with van der Waals surface area (Å²) in [5, 5.41) is 22.9. The van der Waals surface area contributed by atoms with E-state index in [1.807, 2.05) is 29.7 Å². The Morgan fingerprint density at radius 1 is 1.17 bits per heavy atom. The van der Waals surface area contributed by atoms with Gasteiger partial charge in [-0.1, -0.05) is 43.3 Å². The van der Waals surface area contributed by atoms with Crippen molar-refractivity contribution in [2.75, 3.05) is 11.9 Å².